The minimum Gasteiger partial charge on any atom is -0.481 e. The largest absolute Gasteiger partial charge is 0.481 e. The number of carboxylic acids is 1. The van der Waals surface area contributed by atoms with Gasteiger partial charge in [0.05, 0.1) is 0 Å². The fourth-order valence-corrected chi connectivity index (χ4v) is 2.96. The average Bonchev–Trinajstić information content (AvgIpc) is 2.14. The number of hydrogen-bond acceptors (Lipinski definition) is 4. The second kappa shape index (κ2) is 5.78. The van der Waals surface area contributed by atoms with Crippen LogP contribution in [0.15, 0.2) is 25.3 Å². The molecule has 7 nitrogen and oxygen atoms in total. The van der Waals surface area contributed by atoms with E-state index < -0.39 is 32.7 Å². The van der Waals surface area contributed by atoms with Crippen molar-refractivity contribution in [1.29, 1.82) is 0 Å². The van der Waals surface area contributed by atoms with Gasteiger partial charge in [-0.25, -0.2) is 0 Å². The Morgan fingerprint density at radius 1 is 1.28 bits per heavy atom. The van der Waals surface area contributed by atoms with E-state index in [0.29, 0.717) is 0 Å². The van der Waals surface area contributed by atoms with Gasteiger partial charge in [0.25, 0.3) is 10.1 Å². The highest BCUT2D eigenvalue weighted by Gasteiger charge is 2.53. The van der Waals surface area contributed by atoms with Gasteiger partial charge in [0, 0.05) is 0 Å². The first-order valence-corrected chi connectivity index (χ1v) is 6.34. The van der Waals surface area contributed by atoms with E-state index in [4.69, 9.17) is 10.3 Å². The number of rotatable bonds is 8. The van der Waals surface area contributed by atoms with Gasteiger partial charge in [-0.05, 0) is 12.8 Å². The second-order valence-electron chi connectivity index (χ2n) is 3.74. The number of carbonyl (C=O) groups excluding carboxylic acids is 1. The smallest absolute Gasteiger partial charge is 0.312 e. The molecule has 0 heterocycles. The van der Waals surface area contributed by atoms with Crippen molar-refractivity contribution in [2.45, 2.75) is 18.1 Å². The van der Waals surface area contributed by atoms with Crippen molar-refractivity contribution < 1.29 is 27.7 Å². The van der Waals surface area contributed by atoms with Gasteiger partial charge >= 0.3 is 5.97 Å². The Morgan fingerprint density at radius 3 is 1.83 bits per heavy atom. The Bertz CT molecular complexity index is 457. The summed E-state index contributed by atoms with van der Waals surface area (Å²) < 4.78 is 31.4. The van der Waals surface area contributed by atoms with Crippen molar-refractivity contribution in [2.75, 3.05) is 0 Å². The van der Waals surface area contributed by atoms with Crippen molar-refractivity contribution in [1.82, 2.24) is 0 Å². The maximum absolute atomic E-state index is 11.3. The van der Waals surface area contributed by atoms with E-state index in [9.17, 15) is 23.1 Å². The van der Waals surface area contributed by atoms with Gasteiger partial charge in [0.1, 0.15) is 5.41 Å². The summed E-state index contributed by atoms with van der Waals surface area (Å²) in [5.41, 5.74) is 2.79. The summed E-state index contributed by atoms with van der Waals surface area (Å²) in [5.74, 6) is -3.02. The molecule has 0 saturated carbocycles. The molecule has 1 amide bonds. The summed E-state index contributed by atoms with van der Waals surface area (Å²) in [6, 6.07) is 0. The molecule has 0 fully saturated rings. The Labute approximate surface area is 105 Å². The highest BCUT2D eigenvalue weighted by molar-refractivity contribution is 7.87. The number of aliphatic carboxylic acids is 1. The van der Waals surface area contributed by atoms with Crippen LogP contribution in [0.2, 0.25) is 0 Å². The SMILES string of the molecule is C=CCC(CC=C)(C(=O)O)C(C(N)=O)S(=O)(=O)O. The average molecular weight is 277 g/mol. The van der Waals surface area contributed by atoms with E-state index in [-0.39, 0.29) is 12.8 Å². The Morgan fingerprint density at radius 2 is 1.67 bits per heavy atom. The number of carbonyl (C=O) groups is 2. The summed E-state index contributed by atoms with van der Waals surface area (Å²) in [6.45, 7) is 6.62. The lowest BCUT2D eigenvalue weighted by atomic mass is 9.77. The van der Waals surface area contributed by atoms with Crippen LogP contribution in [-0.2, 0) is 19.7 Å². The third-order valence-electron chi connectivity index (χ3n) is 2.50. The molecule has 102 valence electrons. The lowest BCUT2D eigenvalue weighted by Crippen LogP contribution is -2.53. The number of amides is 1. The van der Waals surface area contributed by atoms with E-state index >= 15 is 0 Å². The third kappa shape index (κ3) is 3.17. The standard InChI is InChI=1S/C10H15NO6S/c1-3-5-10(6-4-2,9(13)14)7(8(11)12)18(15,16)17/h3-4,7H,1-2,5-6H2,(H2,11,12)(H,13,14)(H,15,16,17). The van der Waals surface area contributed by atoms with Crippen LogP contribution in [0.5, 0.6) is 0 Å². The maximum Gasteiger partial charge on any atom is 0.312 e. The summed E-state index contributed by atoms with van der Waals surface area (Å²) >= 11 is 0. The second-order valence-corrected chi connectivity index (χ2v) is 5.25. The van der Waals surface area contributed by atoms with E-state index in [1.54, 1.807) is 0 Å². The molecule has 0 radical (unpaired) electrons. The number of carboxylic acid groups (broad SMARTS) is 1. The molecule has 0 aliphatic rings. The molecule has 0 bridgehead atoms. The lowest BCUT2D eigenvalue weighted by molar-refractivity contribution is -0.150. The zero-order valence-corrected chi connectivity index (χ0v) is 10.4. The molecular formula is C10H15NO6S. The van der Waals surface area contributed by atoms with Crippen LogP contribution in [0.4, 0.5) is 0 Å². The van der Waals surface area contributed by atoms with Crippen molar-refractivity contribution in [3.8, 4) is 0 Å². The van der Waals surface area contributed by atoms with Gasteiger partial charge < -0.3 is 10.8 Å². The Hall–Kier alpha value is -1.67. The molecule has 0 aromatic carbocycles. The van der Waals surface area contributed by atoms with Crippen molar-refractivity contribution in [2.24, 2.45) is 11.1 Å². The summed E-state index contributed by atoms with van der Waals surface area (Å²) in [5, 5.41) is 6.92. The van der Waals surface area contributed by atoms with Gasteiger partial charge in [-0.2, -0.15) is 8.42 Å². The van der Waals surface area contributed by atoms with Gasteiger partial charge in [-0.15, -0.1) is 13.2 Å². The molecule has 0 aromatic heterocycles. The molecule has 1 atom stereocenters. The molecule has 18 heavy (non-hydrogen) atoms. The van der Waals surface area contributed by atoms with Gasteiger partial charge in [0.2, 0.25) is 5.91 Å². The number of nitrogens with two attached hydrogens (primary N) is 1. The molecule has 0 rings (SSSR count). The van der Waals surface area contributed by atoms with Crippen LogP contribution < -0.4 is 5.73 Å². The van der Waals surface area contributed by atoms with Crippen LogP contribution in [0, 0.1) is 5.41 Å². The lowest BCUT2D eigenvalue weighted by Gasteiger charge is -2.31. The van der Waals surface area contributed by atoms with Crippen molar-refractivity contribution >= 4 is 22.0 Å². The van der Waals surface area contributed by atoms with E-state index in [0.717, 1.165) is 12.2 Å². The van der Waals surface area contributed by atoms with Crippen molar-refractivity contribution in [3.05, 3.63) is 25.3 Å². The highest BCUT2D eigenvalue weighted by Crippen LogP contribution is 2.36. The number of primary amides is 1. The monoisotopic (exact) mass is 277 g/mol. The number of hydrogen-bond donors (Lipinski definition) is 3. The van der Waals surface area contributed by atoms with Crippen LogP contribution >= 0.6 is 0 Å². The predicted molar refractivity (Wildman–Crippen MR) is 64.2 cm³/mol. The minimum absolute atomic E-state index is 0.359. The first kappa shape index (κ1) is 16.3. The van der Waals surface area contributed by atoms with Crippen LogP contribution in [0.3, 0.4) is 0 Å². The number of allylic oxidation sites excluding steroid dienone is 2. The Balaban J connectivity index is 6.08. The fraction of sp³-hybridized carbons (Fsp3) is 0.400. The molecule has 0 aromatic rings. The zero-order valence-electron chi connectivity index (χ0n) is 9.57. The normalized spacial score (nSPS) is 13.6. The molecule has 8 heteroatoms. The third-order valence-corrected chi connectivity index (χ3v) is 3.78. The van der Waals surface area contributed by atoms with E-state index in [2.05, 4.69) is 13.2 Å². The van der Waals surface area contributed by atoms with Crippen molar-refractivity contribution in [3.63, 3.8) is 0 Å². The van der Waals surface area contributed by atoms with E-state index in [1.165, 1.54) is 0 Å². The first-order chi connectivity index (χ1) is 8.13. The molecule has 0 aliphatic heterocycles. The fourth-order valence-electron chi connectivity index (χ4n) is 1.80. The molecule has 1 unspecified atom stereocenters. The molecule has 4 N–H and O–H groups in total. The van der Waals surface area contributed by atoms with Crippen LogP contribution in [0.25, 0.3) is 0 Å². The highest BCUT2D eigenvalue weighted by atomic mass is 32.2. The summed E-state index contributed by atoms with van der Waals surface area (Å²) in [4.78, 5) is 22.5. The van der Waals surface area contributed by atoms with Crippen LogP contribution in [-0.4, -0.2) is 35.2 Å². The molecule has 0 aliphatic carbocycles. The topological polar surface area (TPSA) is 135 Å². The van der Waals surface area contributed by atoms with E-state index in [1.807, 2.05) is 0 Å². The van der Waals surface area contributed by atoms with Gasteiger partial charge in [0.15, 0.2) is 5.25 Å². The van der Waals surface area contributed by atoms with Gasteiger partial charge in [-0.3, -0.25) is 14.1 Å². The molecular weight excluding hydrogens is 262 g/mol. The molecule has 0 saturated heterocycles. The predicted octanol–water partition coefficient (Wildman–Crippen LogP) is -0.0487. The quantitative estimate of drug-likeness (QED) is 0.420. The van der Waals surface area contributed by atoms with Crippen LogP contribution in [0.1, 0.15) is 12.8 Å². The Kier molecular flexibility index (Phi) is 5.25. The summed E-state index contributed by atoms with van der Waals surface area (Å²) in [7, 11) is -4.96. The molecule has 0 spiro atoms. The first-order valence-electron chi connectivity index (χ1n) is 4.84. The maximum atomic E-state index is 11.3. The zero-order chi connectivity index (χ0) is 14.6. The van der Waals surface area contributed by atoms with Gasteiger partial charge in [-0.1, -0.05) is 12.2 Å². The minimum atomic E-state index is -4.96. The summed E-state index contributed by atoms with van der Waals surface area (Å²) in [6.07, 6.45) is 1.56.